The third kappa shape index (κ3) is 5.29. The van der Waals surface area contributed by atoms with E-state index in [0.717, 1.165) is 22.4 Å². The number of rotatable bonds is 8. The highest BCUT2D eigenvalue weighted by molar-refractivity contribution is 7.98. The summed E-state index contributed by atoms with van der Waals surface area (Å²) in [7, 11) is -3.89. The first-order valence-corrected chi connectivity index (χ1v) is 14.4. The van der Waals surface area contributed by atoms with Crippen LogP contribution in [0.2, 0.25) is 0 Å². The van der Waals surface area contributed by atoms with Gasteiger partial charge in [-0.2, -0.15) is 0 Å². The van der Waals surface area contributed by atoms with Crippen molar-refractivity contribution in [2.75, 3.05) is 0 Å². The van der Waals surface area contributed by atoms with Gasteiger partial charge in [0.25, 0.3) is 0 Å². The van der Waals surface area contributed by atoms with Gasteiger partial charge in [0, 0.05) is 23.0 Å². The van der Waals surface area contributed by atoms with Crippen molar-refractivity contribution in [2.45, 2.75) is 42.6 Å². The molecule has 0 saturated heterocycles. The molecule has 0 spiro atoms. The second-order valence-corrected chi connectivity index (χ2v) is 11.5. The zero-order valence-electron chi connectivity index (χ0n) is 20.8. The molecule has 0 amide bonds. The predicted octanol–water partition coefficient (Wildman–Crippen LogP) is 5.76. The minimum absolute atomic E-state index is 0.132. The Morgan fingerprint density at radius 3 is 2.46 bits per heavy atom. The Labute approximate surface area is 221 Å². The fraction of sp³-hybridized carbons (Fsp3) is 0.179. The van der Waals surface area contributed by atoms with Gasteiger partial charge in [0.2, 0.25) is 10.0 Å². The summed E-state index contributed by atoms with van der Waals surface area (Å²) in [4.78, 5) is 4.44. The molecule has 0 aliphatic heterocycles. The molecule has 5 rings (SSSR count). The fourth-order valence-electron chi connectivity index (χ4n) is 4.15. The van der Waals surface area contributed by atoms with Crippen molar-refractivity contribution in [3.8, 4) is 5.69 Å². The highest BCUT2D eigenvalue weighted by atomic mass is 32.2. The molecule has 0 aliphatic carbocycles. The van der Waals surface area contributed by atoms with E-state index in [4.69, 9.17) is 0 Å². The average molecular weight is 530 g/mol. The lowest BCUT2D eigenvalue weighted by Crippen LogP contribution is -2.29. The van der Waals surface area contributed by atoms with Crippen LogP contribution in [0, 0.1) is 13.8 Å². The molecule has 1 atom stereocenters. The minimum Gasteiger partial charge on any atom is -0.273 e. The van der Waals surface area contributed by atoms with Crippen LogP contribution in [0.15, 0.2) is 95.1 Å². The van der Waals surface area contributed by atoms with Gasteiger partial charge in [0.05, 0.1) is 11.6 Å². The Morgan fingerprint density at radius 1 is 0.919 bits per heavy atom. The van der Waals surface area contributed by atoms with Crippen LogP contribution in [-0.2, 0) is 15.8 Å². The van der Waals surface area contributed by atoms with Gasteiger partial charge in [-0.05, 0) is 56.2 Å². The van der Waals surface area contributed by atoms with Crippen LogP contribution in [0.4, 0.5) is 0 Å². The predicted molar refractivity (Wildman–Crippen MR) is 147 cm³/mol. The number of hydrogen-bond donors (Lipinski definition) is 1. The van der Waals surface area contributed by atoms with Gasteiger partial charge in [-0.1, -0.05) is 71.9 Å². The normalized spacial score (nSPS) is 12.6. The van der Waals surface area contributed by atoms with E-state index in [1.807, 2.05) is 60.0 Å². The first kappa shape index (κ1) is 25.1. The maximum atomic E-state index is 13.5. The number of benzene rings is 3. The van der Waals surface area contributed by atoms with Crippen molar-refractivity contribution >= 4 is 32.7 Å². The molecular weight excluding hydrogens is 502 g/mol. The van der Waals surface area contributed by atoms with Gasteiger partial charge < -0.3 is 0 Å². The maximum Gasteiger partial charge on any atom is 0.243 e. The summed E-state index contributed by atoms with van der Waals surface area (Å²) in [5, 5.41) is 10.4. The molecule has 188 valence electrons. The summed E-state index contributed by atoms with van der Waals surface area (Å²) in [6.07, 6.45) is 1.59. The minimum atomic E-state index is -3.89. The SMILES string of the molecule is Cc1ccc(-n2c(SCc3ccccc3C)nnc2[C@H](C)NS(=O)(=O)c2cccc3cccnc23)cc1. The number of hydrogen-bond acceptors (Lipinski definition) is 6. The molecule has 0 bridgehead atoms. The lowest BCUT2D eigenvalue weighted by Gasteiger charge is -2.17. The van der Waals surface area contributed by atoms with Gasteiger partial charge in [-0.3, -0.25) is 9.55 Å². The van der Waals surface area contributed by atoms with Crippen LogP contribution in [0.3, 0.4) is 0 Å². The quantitative estimate of drug-likeness (QED) is 0.257. The molecule has 2 aromatic heterocycles. The van der Waals surface area contributed by atoms with Crippen LogP contribution in [0.25, 0.3) is 16.6 Å². The van der Waals surface area contributed by atoms with Crippen molar-refractivity contribution in [3.05, 3.63) is 108 Å². The molecule has 0 fully saturated rings. The highest BCUT2D eigenvalue weighted by Gasteiger charge is 2.26. The zero-order valence-corrected chi connectivity index (χ0v) is 22.4. The lowest BCUT2D eigenvalue weighted by atomic mass is 10.1. The summed E-state index contributed by atoms with van der Waals surface area (Å²) >= 11 is 1.57. The van der Waals surface area contributed by atoms with Crippen molar-refractivity contribution in [1.82, 2.24) is 24.5 Å². The van der Waals surface area contributed by atoms with Crippen molar-refractivity contribution in [2.24, 2.45) is 0 Å². The molecule has 2 heterocycles. The van der Waals surface area contributed by atoms with Crippen LogP contribution in [-0.4, -0.2) is 28.2 Å². The van der Waals surface area contributed by atoms with E-state index in [2.05, 4.69) is 39.0 Å². The molecule has 9 heteroatoms. The Hall–Kier alpha value is -3.53. The third-order valence-corrected chi connectivity index (χ3v) is 8.72. The number of sulfonamides is 1. The number of nitrogens with one attached hydrogen (secondary N) is 1. The lowest BCUT2D eigenvalue weighted by molar-refractivity contribution is 0.556. The number of nitrogens with zero attached hydrogens (tertiary/aromatic N) is 4. The summed E-state index contributed by atoms with van der Waals surface area (Å²) < 4.78 is 31.7. The molecule has 1 N–H and O–H groups in total. The monoisotopic (exact) mass is 529 g/mol. The Kier molecular flexibility index (Phi) is 7.10. The second-order valence-electron chi connectivity index (χ2n) is 8.90. The van der Waals surface area contributed by atoms with E-state index in [-0.39, 0.29) is 4.90 Å². The van der Waals surface area contributed by atoms with Gasteiger partial charge in [-0.25, -0.2) is 13.1 Å². The largest absolute Gasteiger partial charge is 0.273 e. The van der Waals surface area contributed by atoms with E-state index in [1.165, 1.54) is 11.1 Å². The van der Waals surface area contributed by atoms with E-state index in [0.29, 0.717) is 16.5 Å². The van der Waals surface area contributed by atoms with E-state index in [1.54, 1.807) is 43.1 Å². The van der Waals surface area contributed by atoms with Gasteiger partial charge >= 0.3 is 0 Å². The second kappa shape index (κ2) is 10.5. The topological polar surface area (TPSA) is 89.8 Å². The molecule has 0 aliphatic rings. The van der Waals surface area contributed by atoms with Crippen LogP contribution in [0.1, 0.15) is 35.5 Å². The van der Waals surface area contributed by atoms with Gasteiger partial charge in [0.1, 0.15) is 4.90 Å². The summed E-state index contributed by atoms with van der Waals surface area (Å²) in [6, 6.07) is 24.4. The number of thioether (sulfide) groups is 1. The Morgan fingerprint density at radius 2 is 1.68 bits per heavy atom. The first-order valence-electron chi connectivity index (χ1n) is 11.9. The number of aromatic nitrogens is 4. The van der Waals surface area contributed by atoms with Crippen molar-refractivity contribution in [3.63, 3.8) is 0 Å². The van der Waals surface area contributed by atoms with E-state index >= 15 is 0 Å². The van der Waals surface area contributed by atoms with Crippen molar-refractivity contribution in [1.29, 1.82) is 0 Å². The van der Waals surface area contributed by atoms with Crippen LogP contribution < -0.4 is 4.72 Å². The third-order valence-electron chi connectivity index (χ3n) is 6.17. The van der Waals surface area contributed by atoms with Crippen LogP contribution in [0.5, 0.6) is 0 Å². The Balaban J connectivity index is 1.50. The van der Waals surface area contributed by atoms with Crippen molar-refractivity contribution < 1.29 is 8.42 Å². The van der Waals surface area contributed by atoms with Gasteiger partial charge in [-0.15, -0.1) is 10.2 Å². The molecule has 0 saturated carbocycles. The molecular formula is C28H27N5O2S2. The highest BCUT2D eigenvalue weighted by Crippen LogP contribution is 2.30. The summed E-state index contributed by atoms with van der Waals surface area (Å²) in [5.41, 5.74) is 4.85. The Bertz CT molecular complexity index is 1660. The standard InChI is InChI=1S/C28H27N5O2S2/c1-19-13-15-24(16-14-19)33-27(30-31-28(33)36-18-23-9-5-4-8-20(23)2)21(3)32-37(34,35)25-12-6-10-22-11-7-17-29-26(22)25/h4-17,21,32H,18H2,1-3H3/t21-/m0/s1. The van der Waals surface area contributed by atoms with E-state index < -0.39 is 16.1 Å². The maximum absolute atomic E-state index is 13.5. The molecule has 0 unspecified atom stereocenters. The molecule has 7 nitrogen and oxygen atoms in total. The van der Waals surface area contributed by atoms with Crippen LogP contribution >= 0.6 is 11.8 Å². The smallest absolute Gasteiger partial charge is 0.243 e. The summed E-state index contributed by atoms with van der Waals surface area (Å²) in [5.74, 6) is 1.23. The average Bonchev–Trinajstić information content (AvgIpc) is 3.32. The molecule has 0 radical (unpaired) electrons. The summed E-state index contributed by atoms with van der Waals surface area (Å²) in [6.45, 7) is 5.89. The fourth-order valence-corrected chi connectivity index (χ4v) is 6.56. The number of fused-ring (bicyclic) bond motifs is 1. The first-order chi connectivity index (χ1) is 17.8. The molecule has 37 heavy (non-hydrogen) atoms. The van der Waals surface area contributed by atoms with Gasteiger partial charge in [0.15, 0.2) is 11.0 Å². The number of aryl methyl sites for hydroxylation is 2. The molecule has 5 aromatic rings. The number of pyridine rings is 1. The molecule has 3 aromatic carbocycles. The zero-order chi connectivity index (χ0) is 26.0. The van der Waals surface area contributed by atoms with E-state index in [9.17, 15) is 8.42 Å². The number of para-hydroxylation sites is 1.